The van der Waals surface area contributed by atoms with Crippen molar-refractivity contribution >= 4 is 15.9 Å². The van der Waals surface area contributed by atoms with Crippen molar-refractivity contribution in [2.24, 2.45) is 0 Å². The van der Waals surface area contributed by atoms with Gasteiger partial charge in [0.2, 0.25) is 0 Å². The number of halogens is 1. The molecule has 1 aromatic heterocycles. The molecule has 0 N–H and O–H groups in total. The second-order valence-corrected chi connectivity index (χ2v) is 5.21. The quantitative estimate of drug-likeness (QED) is 0.858. The Kier molecular flexibility index (Phi) is 4.31. The van der Waals surface area contributed by atoms with Crippen LogP contribution >= 0.6 is 15.9 Å². The fourth-order valence-corrected chi connectivity index (χ4v) is 2.03. The average Bonchev–Trinajstić information content (AvgIpc) is 2.38. The Balaban J connectivity index is 2.14. The van der Waals surface area contributed by atoms with E-state index < -0.39 is 0 Å². The van der Waals surface area contributed by atoms with Crippen molar-refractivity contribution in [2.75, 3.05) is 0 Å². The average molecular weight is 307 g/mol. The number of rotatable bonds is 4. The van der Waals surface area contributed by atoms with Crippen molar-refractivity contribution in [1.82, 2.24) is 9.97 Å². The Morgan fingerprint density at radius 3 is 2.61 bits per heavy atom. The van der Waals surface area contributed by atoms with E-state index in [0.29, 0.717) is 18.3 Å². The van der Waals surface area contributed by atoms with Gasteiger partial charge in [-0.05, 0) is 35.7 Å². The molecule has 18 heavy (non-hydrogen) atoms. The molecular formula is C14H15BrN2O. The number of nitrogens with zero attached hydrogens (tertiary/aromatic N) is 2. The summed E-state index contributed by atoms with van der Waals surface area (Å²) in [6, 6.07) is 7.84. The predicted molar refractivity (Wildman–Crippen MR) is 74.6 cm³/mol. The molecule has 4 heteroatoms. The van der Waals surface area contributed by atoms with Crippen LogP contribution in [0.25, 0.3) is 0 Å². The van der Waals surface area contributed by atoms with Crippen LogP contribution < -0.4 is 4.74 Å². The summed E-state index contributed by atoms with van der Waals surface area (Å²) in [7, 11) is 0. The fraction of sp³-hybridized carbons (Fsp3) is 0.286. The summed E-state index contributed by atoms with van der Waals surface area (Å²) < 4.78 is 6.86. The molecule has 0 fully saturated rings. The number of hydrogen-bond donors (Lipinski definition) is 0. The lowest BCUT2D eigenvalue weighted by atomic mass is 10.0. The molecule has 2 rings (SSSR count). The van der Waals surface area contributed by atoms with Gasteiger partial charge >= 0.3 is 0 Å². The third-order valence-electron chi connectivity index (χ3n) is 2.57. The van der Waals surface area contributed by atoms with E-state index in [9.17, 15) is 0 Å². The predicted octanol–water partition coefficient (Wildman–Crippen LogP) is 3.94. The standard InChI is InChI=1S/C14H15BrN2O/c1-10(2)12-8-11(15)4-5-13(12)18-9-14-16-6-3-7-17-14/h3-8,10H,9H2,1-2H3. The lowest BCUT2D eigenvalue weighted by Crippen LogP contribution is -2.03. The van der Waals surface area contributed by atoms with Gasteiger partial charge in [0.05, 0.1) is 0 Å². The number of aromatic nitrogens is 2. The zero-order chi connectivity index (χ0) is 13.0. The molecule has 0 aliphatic rings. The van der Waals surface area contributed by atoms with Crippen LogP contribution in [0.5, 0.6) is 5.75 Å². The normalized spacial score (nSPS) is 10.7. The van der Waals surface area contributed by atoms with E-state index in [1.165, 1.54) is 5.56 Å². The van der Waals surface area contributed by atoms with Crippen LogP contribution in [0.2, 0.25) is 0 Å². The van der Waals surface area contributed by atoms with Crippen molar-refractivity contribution in [2.45, 2.75) is 26.4 Å². The molecule has 3 nitrogen and oxygen atoms in total. The largest absolute Gasteiger partial charge is 0.485 e. The zero-order valence-corrected chi connectivity index (χ0v) is 12.0. The van der Waals surface area contributed by atoms with Gasteiger partial charge in [-0.1, -0.05) is 29.8 Å². The molecule has 0 unspecified atom stereocenters. The van der Waals surface area contributed by atoms with Gasteiger partial charge in [0, 0.05) is 16.9 Å². The summed E-state index contributed by atoms with van der Waals surface area (Å²) in [6.07, 6.45) is 3.44. The van der Waals surface area contributed by atoms with Gasteiger partial charge in [-0.2, -0.15) is 0 Å². The summed E-state index contributed by atoms with van der Waals surface area (Å²) >= 11 is 3.48. The third-order valence-corrected chi connectivity index (χ3v) is 3.06. The Hall–Kier alpha value is -1.42. The van der Waals surface area contributed by atoms with Gasteiger partial charge in [0.15, 0.2) is 5.82 Å². The van der Waals surface area contributed by atoms with Gasteiger partial charge in [0.25, 0.3) is 0 Å². The first-order valence-corrected chi connectivity index (χ1v) is 6.64. The molecule has 2 aromatic rings. The summed E-state index contributed by atoms with van der Waals surface area (Å²) in [5.74, 6) is 1.99. The minimum Gasteiger partial charge on any atom is -0.485 e. The molecule has 0 spiro atoms. The van der Waals surface area contributed by atoms with E-state index in [4.69, 9.17) is 4.74 Å². The lowest BCUT2D eigenvalue weighted by molar-refractivity contribution is 0.291. The highest BCUT2D eigenvalue weighted by molar-refractivity contribution is 9.10. The molecule has 0 saturated carbocycles. The highest BCUT2D eigenvalue weighted by Gasteiger charge is 2.09. The van der Waals surface area contributed by atoms with Gasteiger partial charge in [0.1, 0.15) is 12.4 Å². The maximum absolute atomic E-state index is 5.79. The van der Waals surface area contributed by atoms with E-state index >= 15 is 0 Å². The Labute approximate surface area is 115 Å². The van der Waals surface area contributed by atoms with E-state index in [0.717, 1.165) is 10.2 Å². The number of benzene rings is 1. The van der Waals surface area contributed by atoms with E-state index in [2.05, 4.69) is 45.8 Å². The molecule has 0 amide bonds. The SMILES string of the molecule is CC(C)c1cc(Br)ccc1OCc1ncccn1. The lowest BCUT2D eigenvalue weighted by Gasteiger charge is -2.14. The van der Waals surface area contributed by atoms with Gasteiger partial charge in [-0.3, -0.25) is 0 Å². The number of ether oxygens (including phenoxy) is 1. The van der Waals surface area contributed by atoms with Crippen molar-refractivity contribution < 1.29 is 4.74 Å². The summed E-state index contributed by atoms with van der Waals surface area (Å²) in [4.78, 5) is 8.28. The summed E-state index contributed by atoms with van der Waals surface area (Å²) in [5, 5.41) is 0. The second-order valence-electron chi connectivity index (χ2n) is 4.29. The van der Waals surface area contributed by atoms with Crippen molar-refractivity contribution in [3.8, 4) is 5.75 Å². The number of hydrogen-bond acceptors (Lipinski definition) is 3. The van der Waals surface area contributed by atoms with Crippen molar-refractivity contribution in [1.29, 1.82) is 0 Å². The van der Waals surface area contributed by atoms with Gasteiger partial charge in [-0.15, -0.1) is 0 Å². The molecule has 0 aliphatic heterocycles. The molecule has 0 atom stereocenters. The minimum absolute atomic E-state index is 0.391. The fourth-order valence-electron chi connectivity index (χ4n) is 1.65. The van der Waals surface area contributed by atoms with Crippen molar-refractivity contribution in [3.63, 3.8) is 0 Å². The first-order chi connectivity index (χ1) is 8.66. The Bertz CT molecular complexity index is 514. The molecule has 0 radical (unpaired) electrons. The molecule has 0 aliphatic carbocycles. The Morgan fingerprint density at radius 2 is 1.94 bits per heavy atom. The first kappa shape index (κ1) is 13.0. The minimum atomic E-state index is 0.391. The van der Waals surface area contributed by atoms with Crippen LogP contribution in [0.4, 0.5) is 0 Å². The molecule has 94 valence electrons. The first-order valence-electron chi connectivity index (χ1n) is 5.85. The monoisotopic (exact) mass is 306 g/mol. The highest BCUT2D eigenvalue weighted by atomic mass is 79.9. The van der Waals surface area contributed by atoms with Crippen LogP contribution in [-0.2, 0) is 6.61 Å². The van der Waals surface area contributed by atoms with Crippen molar-refractivity contribution in [3.05, 3.63) is 52.5 Å². The molecule has 1 heterocycles. The highest BCUT2D eigenvalue weighted by Crippen LogP contribution is 2.29. The van der Waals surface area contributed by atoms with Crippen LogP contribution in [0.3, 0.4) is 0 Å². The van der Waals surface area contributed by atoms with E-state index in [1.807, 2.05) is 12.1 Å². The van der Waals surface area contributed by atoms with Crippen LogP contribution in [-0.4, -0.2) is 9.97 Å². The van der Waals surface area contributed by atoms with Gasteiger partial charge < -0.3 is 4.74 Å². The van der Waals surface area contributed by atoms with Crippen LogP contribution in [0.1, 0.15) is 31.2 Å². The van der Waals surface area contributed by atoms with E-state index in [1.54, 1.807) is 18.5 Å². The Morgan fingerprint density at radius 1 is 1.22 bits per heavy atom. The maximum atomic E-state index is 5.79. The topological polar surface area (TPSA) is 35.0 Å². The third kappa shape index (κ3) is 3.29. The maximum Gasteiger partial charge on any atom is 0.166 e. The van der Waals surface area contributed by atoms with Crippen LogP contribution in [0, 0.1) is 0 Å². The smallest absolute Gasteiger partial charge is 0.166 e. The second kappa shape index (κ2) is 5.96. The zero-order valence-electron chi connectivity index (χ0n) is 10.4. The van der Waals surface area contributed by atoms with E-state index in [-0.39, 0.29) is 0 Å². The molecule has 0 bridgehead atoms. The summed E-state index contributed by atoms with van der Waals surface area (Å²) in [5.41, 5.74) is 1.18. The molecule has 0 saturated heterocycles. The van der Waals surface area contributed by atoms with Gasteiger partial charge in [-0.25, -0.2) is 9.97 Å². The van der Waals surface area contributed by atoms with Crippen LogP contribution in [0.15, 0.2) is 41.1 Å². The summed E-state index contributed by atoms with van der Waals surface area (Å²) in [6.45, 7) is 4.68. The molecular weight excluding hydrogens is 292 g/mol. The molecule has 1 aromatic carbocycles.